The van der Waals surface area contributed by atoms with Gasteiger partial charge < -0.3 is 10.6 Å². The molecule has 3 nitrogen and oxygen atoms in total. The molecule has 0 atom stereocenters. The third kappa shape index (κ3) is 2.66. The molecule has 0 unspecified atom stereocenters. The number of amidine groups is 1. The standard InChI is InChI=1S/C13H17BrFN3/c14-11-9(13(16)17)5-6-10(12(11)15)18-7-3-1-2-4-8-18/h5-6H,1-4,7-8H2,(H3,16,17). The molecule has 3 N–H and O–H groups in total. The van der Waals surface area contributed by atoms with Gasteiger partial charge in [0, 0.05) is 18.7 Å². The van der Waals surface area contributed by atoms with Crippen LogP contribution in [0.15, 0.2) is 16.6 Å². The Morgan fingerprint density at radius 1 is 1.22 bits per heavy atom. The highest BCUT2D eigenvalue weighted by molar-refractivity contribution is 9.10. The summed E-state index contributed by atoms with van der Waals surface area (Å²) in [5.41, 5.74) is 6.42. The molecule has 1 aliphatic heterocycles. The molecule has 0 spiro atoms. The van der Waals surface area contributed by atoms with E-state index in [9.17, 15) is 4.39 Å². The Bertz CT molecular complexity index is 454. The van der Waals surface area contributed by atoms with Crippen molar-refractivity contribution >= 4 is 27.5 Å². The van der Waals surface area contributed by atoms with E-state index in [0.717, 1.165) is 25.9 Å². The summed E-state index contributed by atoms with van der Waals surface area (Å²) < 4.78 is 14.6. The van der Waals surface area contributed by atoms with Crippen molar-refractivity contribution in [3.05, 3.63) is 28.0 Å². The number of hydrogen-bond acceptors (Lipinski definition) is 2. The lowest BCUT2D eigenvalue weighted by Gasteiger charge is -2.24. The van der Waals surface area contributed by atoms with E-state index in [1.54, 1.807) is 12.1 Å². The maximum atomic E-state index is 14.3. The summed E-state index contributed by atoms with van der Waals surface area (Å²) in [5, 5.41) is 7.39. The number of hydrogen-bond donors (Lipinski definition) is 2. The molecular weight excluding hydrogens is 297 g/mol. The monoisotopic (exact) mass is 313 g/mol. The van der Waals surface area contributed by atoms with Crippen molar-refractivity contribution < 1.29 is 4.39 Å². The quantitative estimate of drug-likeness (QED) is 0.650. The van der Waals surface area contributed by atoms with Gasteiger partial charge in [-0.3, -0.25) is 5.41 Å². The Morgan fingerprint density at radius 3 is 2.39 bits per heavy atom. The van der Waals surface area contributed by atoms with Gasteiger partial charge in [0.2, 0.25) is 0 Å². The van der Waals surface area contributed by atoms with Gasteiger partial charge in [-0.2, -0.15) is 0 Å². The molecule has 1 fully saturated rings. The summed E-state index contributed by atoms with van der Waals surface area (Å²) >= 11 is 3.20. The molecule has 1 heterocycles. The predicted molar refractivity (Wildman–Crippen MR) is 75.8 cm³/mol. The van der Waals surface area contributed by atoms with Gasteiger partial charge in [-0.25, -0.2) is 4.39 Å². The second kappa shape index (κ2) is 5.69. The van der Waals surface area contributed by atoms with E-state index in [1.807, 2.05) is 0 Å². The average molecular weight is 314 g/mol. The maximum absolute atomic E-state index is 14.3. The van der Waals surface area contributed by atoms with E-state index in [-0.39, 0.29) is 16.1 Å². The third-order valence-corrected chi connectivity index (χ3v) is 4.07. The van der Waals surface area contributed by atoms with Crippen LogP contribution in [0.5, 0.6) is 0 Å². The van der Waals surface area contributed by atoms with Crippen LogP contribution in [0.2, 0.25) is 0 Å². The number of benzene rings is 1. The highest BCUT2D eigenvalue weighted by Gasteiger charge is 2.18. The minimum Gasteiger partial charge on any atom is -0.384 e. The molecule has 1 aliphatic rings. The highest BCUT2D eigenvalue weighted by atomic mass is 79.9. The van der Waals surface area contributed by atoms with E-state index in [4.69, 9.17) is 11.1 Å². The number of halogens is 2. The largest absolute Gasteiger partial charge is 0.384 e. The fraction of sp³-hybridized carbons (Fsp3) is 0.462. The van der Waals surface area contributed by atoms with Crippen LogP contribution in [0, 0.1) is 11.2 Å². The van der Waals surface area contributed by atoms with Crippen LogP contribution < -0.4 is 10.6 Å². The minimum atomic E-state index is -0.315. The van der Waals surface area contributed by atoms with Gasteiger partial charge in [-0.1, -0.05) is 12.8 Å². The summed E-state index contributed by atoms with van der Waals surface area (Å²) in [6, 6.07) is 3.43. The van der Waals surface area contributed by atoms with Crippen LogP contribution in [0.25, 0.3) is 0 Å². The van der Waals surface area contributed by atoms with E-state index in [0.29, 0.717) is 11.3 Å². The zero-order chi connectivity index (χ0) is 13.1. The topological polar surface area (TPSA) is 53.1 Å². The highest BCUT2D eigenvalue weighted by Crippen LogP contribution is 2.30. The molecule has 0 aliphatic carbocycles. The third-order valence-electron chi connectivity index (χ3n) is 3.30. The molecule has 0 bridgehead atoms. The van der Waals surface area contributed by atoms with Crippen molar-refractivity contribution in [2.45, 2.75) is 25.7 Å². The van der Waals surface area contributed by atoms with Crippen molar-refractivity contribution in [2.75, 3.05) is 18.0 Å². The van der Waals surface area contributed by atoms with Crippen LogP contribution in [0.4, 0.5) is 10.1 Å². The van der Waals surface area contributed by atoms with E-state index >= 15 is 0 Å². The fourth-order valence-electron chi connectivity index (χ4n) is 2.30. The molecule has 0 amide bonds. The first-order valence-electron chi connectivity index (χ1n) is 6.18. The molecule has 0 radical (unpaired) electrons. The molecule has 1 aromatic rings. The van der Waals surface area contributed by atoms with E-state index in [1.165, 1.54) is 12.8 Å². The number of nitrogens with one attached hydrogen (secondary N) is 1. The fourth-order valence-corrected chi connectivity index (χ4v) is 2.85. The van der Waals surface area contributed by atoms with Gasteiger partial charge in [-0.15, -0.1) is 0 Å². The Morgan fingerprint density at radius 2 is 1.83 bits per heavy atom. The SMILES string of the molecule is N=C(N)c1ccc(N2CCCCCC2)c(F)c1Br. The normalized spacial score (nSPS) is 16.4. The molecule has 1 aromatic carbocycles. The van der Waals surface area contributed by atoms with Crippen molar-refractivity contribution in [2.24, 2.45) is 5.73 Å². The van der Waals surface area contributed by atoms with Crippen molar-refractivity contribution in [1.82, 2.24) is 0 Å². The smallest absolute Gasteiger partial charge is 0.161 e. The number of nitrogen functional groups attached to an aromatic ring is 1. The molecule has 0 saturated carbocycles. The molecule has 5 heteroatoms. The Balaban J connectivity index is 2.33. The zero-order valence-corrected chi connectivity index (χ0v) is 11.8. The lowest BCUT2D eigenvalue weighted by atomic mass is 10.1. The van der Waals surface area contributed by atoms with Crippen LogP contribution >= 0.6 is 15.9 Å². The summed E-state index contributed by atoms with van der Waals surface area (Å²) in [6.07, 6.45) is 4.63. The van der Waals surface area contributed by atoms with Crippen molar-refractivity contribution in [1.29, 1.82) is 5.41 Å². The number of rotatable bonds is 2. The molecule has 98 valence electrons. The summed E-state index contributed by atoms with van der Waals surface area (Å²) in [6.45, 7) is 1.78. The lowest BCUT2D eigenvalue weighted by molar-refractivity contribution is 0.610. The minimum absolute atomic E-state index is 0.122. The van der Waals surface area contributed by atoms with Crippen LogP contribution in [0.1, 0.15) is 31.2 Å². The Labute approximate surface area is 115 Å². The number of nitrogens with zero attached hydrogens (tertiary/aromatic N) is 1. The Hall–Kier alpha value is -1.10. The van der Waals surface area contributed by atoms with Gasteiger partial charge in [0.1, 0.15) is 5.84 Å². The van der Waals surface area contributed by atoms with Crippen molar-refractivity contribution in [3.63, 3.8) is 0 Å². The molecule has 18 heavy (non-hydrogen) atoms. The summed E-state index contributed by atoms with van der Waals surface area (Å²) in [4.78, 5) is 2.08. The van der Waals surface area contributed by atoms with E-state index in [2.05, 4.69) is 20.8 Å². The van der Waals surface area contributed by atoms with Gasteiger partial charge in [0.25, 0.3) is 0 Å². The number of anilines is 1. The van der Waals surface area contributed by atoms with Crippen molar-refractivity contribution in [3.8, 4) is 0 Å². The zero-order valence-electron chi connectivity index (χ0n) is 10.2. The van der Waals surface area contributed by atoms with Gasteiger partial charge >= 0.3 is 0 Å². The molecule has 0 aromatic heterocycles. The van der Waals surface area contributed by atoms with Crippen LogP contribution in [0.3, 0.4) is 0 Å². The van der Waals surface area contributed by atoms with Crippen LogP contribution in [-0.2, 0) is 0 Å². The second-order valence-electron chi connectivity index (χ2n) is 4.58. The molecule has 2 rings (SSSR count). The predicted octanol–water partition coefficient (Wildman–Crippen LogP) is 3.25. The first-order valence-corrected chi connectivity index (χ1v) is 6.98. The Kier molecular flexibility index (Phi) is 4.22. The second-order valence-corrected chi connectivity index (χ2v) is 5.37. The molecular formula is C13H17BrFN3. The van der Waals surface area contributed by atoms with Gasteiger partial charge in [0.15, 0.2) is 5.82 Å². The average Bonchev–Trinajstić information content (AvgIpc) is 2.60. The van der Waals surface area contributed by atoms with E-state index < -0.39 is 0 Å². The lowest BCUT2D eigenvalue weighted by Crippen LogP contribution is -2.25. The summed E-state index contributed by atoms with van der Waals surface area (Å²) in [7, 11) is 0. The van der Waals surface area contributed by atoms with Gasteiger partial charge in [0.05, 0.1) is 10.2 Å². The first kappa shape index (κ1) is 13.3. The number of nitrogens with two attached hydrogens (primary N) is 1. The van der Waals surface area contributed by atoms with Gasteiger partial charge in [-0.05, 0) is 40.9 Å². The first-order chi connectivity index (χ1) is 8.61. The van der Waals surface area contributed by atoms with Crippen LogP contribution in [-0.4, -0.2) is 18.9 Å². The molecule has 1 saturated heterocycles. The summed E-state index contributed by atoms with van der Waals surface area (Å²) in [5.74, 6) is -0.437. The maximum Gasteiger partial charge on any atom is 0.161 e.